The van der Waals surface area contributed by atoms with E-state index >= 15 is 0 Å². The summed E-state index contributed by atoms with van der Waals surface area (Å²) in [4.78, 5) is 2.37. The summed E-state index contributed by atoms with van der Waals surface area (Å²) in [6.07, 6.45) is 3.32. The second-order valence-corrected chi connectivity index (χ2v) is 13.8. The molecule has 2 bridgehead atoms. The molecule has 0 amide bonds. The van der Waals surface area contributed by atoms with Crippen LogP contribution in [0.3, 0.4) is 0 Å². The summed E-state index contributed by atoms with van der Waals surface area (Å²) < 4.78 is 6.42. The SMILES string of the molecule is CC(C)(C)[Si](C)(C)OC[C@@H]1C[C@@H]2CCN1C[C@]2(O)C#CCCCO. The molecular formula is C19H35NO3Si. The monoisotopic (exact) mass is 353 g/mol. The summed E-state index contributed by atoms with van der Waals surface area (Å²) in [5.41, 5.74) is -0.874. The maximum atomic E-state index is 10.9. The Morgan fingerprint density at radius 3 is 2.58 bits per heavy atom. The Morgan fingerprint density at radius 1 is 1.33 bits per heavy atom. The molecule has 3 heterocycles. The van der Waals surface area contributed by atoms with Crippen LogP contribution in [0.1, 0.15) is 46.5 Å². The molecule has 0 radical (unpaired) electrons. The van der Waals surface area contributed by atoms with Gasteiger partial charge < -0.3 is 14.6 Å². The first-order valence-electron chi connectivity index (χ1n) is 9.30. The van der Waals surface area contributed by atoms with Gasteiger partial charge in [0.15, 0.2) is 8.32 Å². The van der Waals surface area contributed by atoms with Gasteiger partial charge in [0.2, 0.25) is 0 Å². The van der Waals surface area contributed by atoms with Crippen molar-refractivity contribution in [1.29, 1.82) is 0 Å². The molecule has 138 valence electrons. The Kier molecular flexibility index (Phi) is 6.20. The third-order valence-electron chi connectivity index (χ3n) is 6.16. The number of hydrogen-bond donors (Lipinski definition) is 2. The highest BCUT2D eigenvalue weighted by atomic mass is 28.4. The van der Waals surface area contributed by atoms with Gasteiger partial charge in [-0.2, -0.15) is 0 Å². The van der Waals surface area contributed by atoms with Gasteiger partial charge in [0.1, 0.15) is 5.60 Å². The zero-order chi connectivity index (χ0) is 18.0. The highest BCUT2D eigenvalue weighted by Crippen LogP contribution is 2.41. The lowest BCUT2D eigenvalue weighted by Gasteiger charge is -2.53. The van der Waals surface area contributed by atoms with E-state index in [1.165, 1.54) is 0 Å². The smallest absolute Gasteiger partial charge is 0.192 e. The zero-order valence-corrected chi connectivity index (χ0v) is 17.1. The number of fused-ring (bicyclic) bond motifs is 3. The molecular weight excluding hydrogens is 318 g/mol. The number of rotatable bonds is 5. The lowest BCUT2D eigenvalue weighted by molar-refractivity contribution is -0.105. The Bertz CT molecular complexity index is 491. The predicted octanol–water partition coefficient (Wildman–Crippen LogP) is 2.61. The van der Waals surface area contributed by atoms with E-state index in [9.17, 15) is 5.11 Å². The van der Waals surface area contributed by atoms with Gasteiger partial charge in [-0.25, -0.2) is 0 Å². The van der Waals surface area contributed by atoms with Crippen LogP contribution in [0.4, 0.5) is 0 Å². The van der Waals surface area contributed by atoms with Crippen molar-refractivity contribution in [3.05, 3.63) is 0 Å². The lowest BCUT2D eigenvalue weighted by atomic mass is 9.73. The molecule has 3 rings (SSSR count). The van der Waals surface area contributed by atoms with E-state index in [-0.39, 0.29) is 17.6 Å². The van der Waals surface area contributed by atoms with E-state index in [1.807, 2.05) is 0 Å². The Labute approximate surface area is 148 Å². The molecule has 3 saturated heterocycles. The first-order chi connectivity index (χ1) is 11.1. The first-order valence-corrected chi connectivity index (χ1v) is 12.2. The largest absolute Gasteiger partial charge is 0.415 e. The van der Waals surface area contributed by atoms with Gasteiger partial charge in [0.25, 0.3) is 0 Å². The van der Waals surface area contributed by atoms with Gasteiger partial charge in [-0.3, -0.25) is 4.90 Å². The molecule has 3 fully saturated rings. The molecule has 4 atom stereocenters. The van der Waals surface area contributed by atoms with E-state index in [4.69, 9.17) is 9.53 Å². The van der Waals surface area contributed by atoms with Gasteiger partial charge in [-0.15, -0.1) is 5.92 Å². The fourth-order valence-electron chi connectivity index (χ4n) is 3.40. The van der Waals surface area contributed by atoms with Crippen LogP contribution >= 0.6 is 0 Å². The Morgan fingerprint density at radius 2 is 2.04 bits per heavy atom. The molecule has 0 aromatic carbocycles. The van der Waals surface area contributed by atoms with Crippen molar-refractivity contribution in [1.82, 2.24) is 4.90 Å². The molecule has 0 aromatic heterocycles. The minimum atomic E-state index is -1.72. The van der Waals surface area contributed by atoms with Crippen molar-refractivity contribution in [2.75, 3.05) is 26.3 Å². The van der Waals surface area contributed by atoms with Crippen LogP contribution in [0.2, 0.25) is 18.1 Å². The molecule has 0 aromatic rings. The van der Waals surface area contributed by atoms with Crippen LogP contribution in [0.15, 0.2) is 0 Å². The Balaban J connectivity index is 1.94. The second-order valence-electron chi connectivity index (χ2n) is 8.97. The summed E-state index contributed by atoms with van der Waals surface area (Å²) in [6, 6.07) is 0.414. The molecule has 0 aliphatic carbocycles. The van der Waals surface area contributed by atoms with Crippen LogP contribution in [-0.2, 0) is 4.43 Å². The van der Waals surface area contributed by atoms with Crippen molar-refractivity contribution < 1.29 is 14.6 Å². The lowest BCUT2D eigenvalue weighted by Crippen LogP contribution is -2.63. The number of nitrogens with zero attached hydrogens (tertiary/aromatic N) is 1. The third kappa shape index (κ3) is 4.42. The van der Waals surface area contributed by atoms with Crippen LogP contribution in [0.5, 0.6) is 0 Å². The molecule has 1 unspecified atom stereocenters. The van der Waals surface area contributed by atoms with E-state index in [1.54, 1.807) is 0 Å². The normalized spacial score (nSPS) is 33.2. The van der Waals surface area contributed by atoms with Crippen molar-refractivity contribution in [2.45, 2.75) is 76.2 Å². The minimum Gasteiger partial charge on any atom is -0.415 e. The molecule has 3 aliphatic rings. The quantitative estimate of drug-likeness (QED) is 0.453. The highest BCUT2D eigenvalue weighted by molar-refractivity contribution is 6.74. The number of aliphatic hydroxyl groups excluding tert-OH is 1. The molecule has 4 nitrogen and oxygen atoms in total. The first kappa shape index (κ1) is 19.9. The van der Waals surface area contributed by atoms with Crippen molar-refractivity contribution in [2.24, 2.45) is 5.92 Å². The molecule has 0 spiro atoms. The number of unbranched alkanes of at least 4 members (excludes halogenated alkanes) is 1. The van der Waals surface area contributed by atoms with E-state index in [2.05, 4.69) is 50.6 Å². The average Bonchev–Trinajstić information content (AvgIpc) is 2.49. The van der Waals surface area contributed by atoms with E-state index in [0.717, 1.165) is 26.0 Å². The van der Waals surface area contributed by atoms with Crippen LogP contribution in [-0.4, -0.2) is 61.4 Å². The summed E-state index contributed by atoms with van der Waals surface area (Å²) in [6.45, 7) is 14.0. The van der Waals surface area contributed by atoms with Gasteiger partial charge in [-0.1, -0.05) is 26.7 Å². The van der Waals surface area contributed by atoms with Crippen LogP contribution < -0.4 is 0 Å². The zero-order valence-electron chi connectivity index (χ0n) is 16.1. The van der Waals surface area contributed by atoms with Gasteiger partial charge in [0.05, 0.1) is 0 Å². The summed E-state index contributed by atoms with van der Waals surface area (Å²) in [5, 5.41) is 20.0. The number of aliphatic hydroxyl groups is 2. The highest BCUT2D eigenvalue weighted by Gasteiger charge is 2.49. The summed E-state index contributed by atoms with van der Waals surface area (Å²) in [5.74, 6) is 6.41. The molecule has 3 aliphatic heterocycles. The topological polar surface area (TPSA) is 52.9 Å². The fourth-order valence-corrected chi connectivity index (χ4v) is 4.44. The van der Waals surface area contributed by atoms with Crippen molar-refractivity contribution in [3.8, 4) is 11.8 Å². The second kappa shape index (κ2) is 7.47. The van der Waals surface area contributed by atoms with Crippen molar-refractivity contribution in [3.63, 3.8) is 0 Å². The third-order valence-corrected chi connectivity index (χ3v) is 10.7. The predicted molar refractivity (Wildman–Crippen MR) is 100 cm³/mol. The van der Waals surface area contributed by atoms with E-state index in [0.29, 0.717) is 25.4 Å². The van der Waals surface area contributed by atoms with Gasteiger partial charge in [0, 0.05) is 38.1 Å². The summed E-state index contributed by atoms with van der Waals surface area (Å²) in [7, 11) is -1.72. The van der Waals surface area contributed by atoms with E-state index < -0.39 is 13.9 Å². The number of piperidine rings is 3. The van der Waals surface area contributed by atoms with Gasteiger partial charge >= 0.3 is 0 Å². The van der Waals surface area contributed by atoms with Crippen LogP contribution in [0.25, 0.3) is 0 Å². The van der Waals surface area contributed by atoms with Crippen LogP contribution in [0, 0.1) is 17.8 Å². The standard InChI is InChI=1S/C19H35NO3Si/c1-18(2,3)24(4,5)23-14-17-13-16-9-11-20(17)15-19(16,22)10-7-6-8-12-21/h16-17,21-22H,6,8-9,11-15H2,1-5H3/t16-,17-,19+/m0/s1. The molecule has 2 N–H and O–H groups in total. The average molecular weight is 354 g/mol. The summed E-state index contributed by atoms with van der Waals surface area (Å²) >= 11 is 0. The maximum Gasteiger partial charge on any atom is 0.192 e. The van der Waals surface area contributed by atoms with Gasteiger partial charge in [-0.05, 0) is 43.9 Å². The molecule has 24 heavy (non-hydrogen) atoms. The maximum absolute atomic E-state index is 10.9. The fraction of sp³-hybridized carbons (Fsp3) is 0.895. The number of hydrogen-bond acceptors (Lipinski definition) is 4. The minimum absolute atomic E-state index is 0.162. The van der Waals surface area contributed by atoms with Crippen molar-refractivity contribution >= 4 is 8.32 Å². The molecule has 0 saturated carbocycles. The Hall–Kier alpha value is -0.383. The molecule has 5 heteroatoms.